The van der Waals surface area contributed by atoms with Crippen molar-refractivity contribution in [2.45, 2.75) is 96.8 Å². The minimum atomic E-state index is -0.338. The quantitative estimate of drug-likeness (QED) is 0.604. The lowest BCUT2D eigenvalue weighted by Gasteiger charge is -2.63. The first-order valence-electron chi connectivity index (χ1n) is 12.3. The molecule has 4 N–H and O–H groups in total. The van der Waals surface area contributed by atoms with Gasteiger partial charge in [0.15, 0.2) is 0 Å². The Morgan fingerprint density at radius 1 is 1.13 bits per heavy atom. The van der Waals surface area contributed by atoms with Crippen LogP contribution in [0.4, 0.5) is 0 Å². The predicted octanol–water partition coefficient (Wildman–Crippen LogP) is 3.50. The fraction of sp³-hybridized carbons (Fsp3) is 0.960. The predicted molar refractivity (Wildman–Crippen MR) is 116 cm³/mol. The van der Waals surface area contributed by atoms with Gasteiger partial charge in [0.25, 0.3) is 0 Å². The van der Waals surface area contributed by atoms with Crippen molar-refractivity contribution in [3.05, 3.63) is 0 Å². The SMILES string of the molecule is COC(=O)CC[C@@H](C)[C@H]1CCC2C3C(C[C@H](O)[C@@]21C)[C@@]1(C)CC[C@H](N)C[C@H]1C[C@H]3O. The number of hydrogen-bond acceptors (Lipinski definition) is 5. The Bertz CT molecular complexity index is 655. The third kappa shape index (κ3) is 3.34. The highest BCUT2D eigenvalue weighted by atomic mass is 16.5. The molecule has 0 aromatic carbocycles. The number of aliphatic hydroxyl groups is 2. The summed E-state index contributed by atoms with van der Waals surface area (Å²) in [6.07, 6.45) is 7.69. The van der Waals surface area contributed by atoms with E-state index < -0.39 is 0 Å². The first-order chi connectivity index (χ1) is 14.1. The van der Waals surface area contributed by atoms with Crippen LogP contribution in [0, 0.1) is 46.3 Å². The Hall–Kier alpha value is -0.650. The Kier molecular flexibility index (Phi) is 6.04. The molecule has 4 fully saturated rings. The van der Waals surface area contributed by atoms with Crippen LogP contribution in [-0.4, -0.2) is 41.5 Å². The largest absolute Gasteiger partial charge is 0.469 e. The minimum Gasteiger partial charge on any atom is -0.469 e. The molecule has 0 bridgehead atoms. The van der Waals surface area contributed by atoms with Gasteiger partial charge in [0, 0.05) is 12.5 Å². The van der Waals surface area contributed by atoms with E-state index in [9.17, 15) is 15.0 Å². The molecule has 0 saturated heterocycles. The molecule has 0 aliphatic heterocycles. The van der Waals surface area contributed by atoms with Crippen LogP contribution in [0.25, 0.3) is 0 Å². The number of hydrogen-bond donors (Lipinski definition) is 3. The second kappa shape index (κ2) is 8.04. The van der Waals surface area contributed by atoms with Gasteiger partial charge in [0.1, 0.15) is 0 Å². The van der Waals surface area contributed by atoms with Crippen LogP contribution in [0.3, 0.4) is 0 Å². The molecule has 4 aliphatic rings. The Morgan fingerprint density at radius 3 is 2.57 bits per heavy atom. The number of rotatable bonds is 4. The monoisotopic (exact) mass is 421 g/mol. The fourth-order valence-corrected chi connectivity index (χ4v) is 8.84. The van der Waals surface area contributed by atoms with Gasteiger partial charge in [-0.1, -0.05) is 20.8 Å². The molecular formula is C25H43NO4. The van der Waals surface area contributed by atoms with Gasteiger partial charge >= 0.3 is 5.97 Å². The maximum Gasteiger partial charge on any atom is 0.305 e. The average Bonchev–Trinajstić information content (AvgIpc) is 3.06. The molecule has 4 aliphatic carbocycles. The second-order valence-corrected chi connectivity index (χ2v) is 11.7. The molecule has 4 rings (SSSR count). The lowest BCUT2D eigenvalue weighted by molar-refractivity contribution is -0.202. The van der Waals surface area contributed by atoms with E-state index in [1.807, 2.05) is 0 Å². The Balaban J connectivity index is 1.58. The smallest absolute Gasteiger partial charge is 0.305 e. The molecule has 172 valence electrons. The molecule has 0 amide bonds. The van der Waals surface area contributed by atoms with Gasteiger partial charge < -0.3 is 20.7 Å². The van der Waals surface area contributed by atoms with Crippen LogP contribution in [-0.2, 0) is 9.53 Å². The molecule has 5 heteroatoms. The standard InChI is InChI=1S/C25H43NO4/c1-14(5-8-22(29)30-4)17-6-7-18-23-19(13-21(28)25(17,18)3)24(2)10-9-16(26)11-15(24)12-20(23)27/h14-21,23,27-28H,5-13,26H2,1-4H3/t14-,15+,16+,17-,18?,19?,20-,21+,23?,24+,25-/m1/s1. The zero-order chi connectivity index (χ0) is 21.8. The van der Waals surface area contributed by atoms with Crippen molar-refractivity contribution in [2.75, 3.05) is 7.11 Å². The van der Waals surface area contributed by atoms with E-state index in [1.54, 1.807) is 0 Å². The third-order valence-corrected chi connectivity index (χ3v) is 10.6. The summed E-state index contributed by atoms with van der Waals surface area (Å²) in [5, 5.41) is 22.9. The molecule has 11 atom stereocenters. The van der Waals surface area contributed by atoms with Crippen LogP contribution < -0.4 is 5.73 Å². The molecule has 3 unspecified atom stereocenters. The van der Waals surface area contributed by atoms with E-state index >= 15 is 0 Å². The van der Waals surface area contributed by atoms with Crippen molar-refractivity contribution >= 4 is 5.97 Å². The van der Waals surface area contributed by atoms with Crippen LogP contribution >= 0.6 is 0 Å². The van der Waals surface area contributed by atoms with Gasteiger partial charge in [0.2, 0.25) is 0 Å². The topological polar surface area (TPSA) is 92.8 Å². The highest BCUT2D eigenvalue weighted by molar-refractivity contribution is 5.69. The average molecular weight is 422 g/mol. The molecule has 0 aromatic heterocycles. The van der Waals surface area contributed by atoms with Gasteiger partial charge in [0.05, 0.1) is 19.3 Å². The Labute approximate surface area is 182 Å². The molecule has 4 saturated carbocycles. The van der Waals surface area contributed by atoms with Gasteiger partial charge in [-0.3, -0.25) is 4.79 Å². The van der Waals surface area contributed by atoms with Crippen molar-refractivity contribution in [2.24, 2.45) is 52.1 Å². The van der Waals surface area contributed by atoms with E-state index in [0.29, 0.717) is 36.0 Å². The summed E-state index contributed by atoms with van der Waals surface area (Å²) in [6.45, 7) is 6.94. The molecule has 0 aromatic rings. The molecule has 0 spiro atoms. The normalized spacial score (nSPS) is 51.4. The van der Waals surface area contributed by atoms with Crippen molar-refractivity contribution < 1.29 is 19.7 Å². The second-order valence-electron chi connectivity index (χ2n) is 11.7. The molecule has 30 heavy (non-hydrogen) atoms. The third-order valence-electron chi connectivity index (χ3n) is 10.6. The van der Waals surface area contributed by atoms with E-state index in [1.165, 1.54) is 7.11 Å². The number of carbonyl (C=O) groups excluding carboxylic acids is 1. The van der Waals surface area contributed by atoms with Crippen molar-refractivity contribution in [1.29, 1.82) is 0 Å². The summed E-state index contributed by atoms with van der Waals surface area (Å²) in [5.41, 5.74) is 6.31. The van der Waals surface area contributed by atoms with Crippen molar-refractivity contribution in [1.82, 2.24) is 0 Å². The summed E-state index contributed by atoms with van der Waals surface area (Å²) in [7, 11) is 1.45. The van der Waals surface area contributed by atoms with Crippen LogP contribution in [0.2, 0.25) is 0 Å². The zero-order valence-corrected chi connectivity index (χ0v) is 19.3. The number of esters is 1. The minimum absolute atomic E-state index is 0.150. The van der Waals surface area contributed by atoms with E-state index in [0.717, 1.165) is 51.4 Å². The molecule has 0 radical (unpaired) electrons. The first kappa shape index (κ1) is 22.5. The van der Waals surface area contributed by atoms with E-state index in [2.05, 4.69) is 20.8 Å². The van der Waals surface area contributed by atoms with Crippen molar-refractivity contribution in [3.8, 4) is 0 Å². The zero-order valence-electron chi connectivity index (χ0n) is 19.3. The summed E-state index contributed by atoms with van der Waals surface area (Å²) in [4.78, 5) is 11.7. The first-order valence-corrected chi connectivity index (χ1v) is 12.3. The van der Waals surface area contributed by atoms with Crippen LogP contribution in [0.15, 0.2) is 0 Å². The number of ether oxygens (including phenoxy) is 1. The summed E-state index contributed by atoms with van der Waals surface area (Å²) in [5.74, 6) is 2.11. The van der Waals surface area contributed by atoms with Gasteiger partial charge in [-0.15, -0.1) is 0 Å². The number of nitrogens with two attached hydrogens (primary N) is 1. The van der Waals surface area contributed by atoms with Gasteiger partial charge in [-0.25, -0.2) is 0 Å². The number of methoxy groups -OCH3 is 1. The highest BCUT2D eigenvalue weighted by Crippen LogP contribution is 2.68. The van der Waals surface area contributed by atoms with Gasteiger partial charge in [-0.2, -0.15) is 0 Å². The van der Waals surface area contributed by atoms with E-state index in [-0.39, 0.29) is 41.0 Å². The summed E-state index contributed by atoms with van der Waals surface area (Å²) in [6, 6.07) is 0.261. The highest BCUT2D eigenvalue weighted by Gasteiger charge is 2.65. The molecule has 0 heterocycles. The summed E-state index contributed by atoms with van der Waals surface area (Å²) < 4.78 is 4.84. The molecular weight excluding hydrogens is 378 g/mol. The van der Waals surface area contributed by atoms with Crippen molar-refractivity contribution in [3.63, 3.8) is 0 Å². The summed E-state index contributed by atoms with van der Waals surface area (Å²) >= 11 is 0. The molecule has 5 nitrogen and oxygen atoms in total. The lowest BCUT2D eigenvalue weighted by Crippen LogP contribution is -2.62. The number of carbonyl (C=O) groups is 1. The fourth-order valence-electron chi connectivity index (χ4n) is 8.84. The lowest BCUT2D eigenvalue weighted by atomic mass is 9.43. The van der Waals surface area contributed by atoms with Gasteiger partial charge in [-0.05, 0) is 97.7 Å². The maximum atomic E-state index is 11.7. The maximum absolute atomic E-state index is 11.7. The number of aliphatic hydroxyl groups excluding tert-OH is 2. The Morgan fingerprint density at radius 2 is 1.87 bits per heavy atom. The number of fused-ring (bicyclic) bond motifs is 5. The van der Waals surface area contributed by atoms with Crippen LogP contribution in [0.5, 0.6) is 0 Å². The van der Waals surface area contributed by atoms with E-state index in [4.69, 9.17) is 10.5 Å². The van der Waals surface area contributed by atoms with Crippen LogP contribution in [0.1, 0.15) is 78.6 Å².